The van der Waals surface area contributed by atoms with Gasteiger partial charge in [0.25, 0.3) is 0 Å². The van der Waals surface area contributed by atoms with E-state index in [2.05, 4.69) is 24.9 Å². The molecule has 3 heteroatoms. The fraction of sp³-hybridized carbons (Fsp3) is 0.182. The van der Waals surface area contributed by atoms with Gasteiger partial charge in [-0.1, -0.05) is 49.9 Å². The molecule has 0 unspecified atom stereocenters. The first kappa shape index (κ1) is 18.6. The third-order valence-corrected chi connectivity index (χ3v) is 3.35. The van der Waals surface area contributed by atoms with E-state index < -0.39 is 0 Å². The maximum absolute atomic E-state index is 5.95. The van der Waals surface area contributed by atoms with Gasteiger partial charge in [0.2, 0.25) is 0 Å². The second-order valence-corrected chi connectivity index (χ2v) is 5.46. The Morgan fingerprint density at radius 1 is 1.04 bits per heavy atom. The first-order valence-electron chi connectivity index (χ1n) is 8.45. The van der Waals surface area contributed by atoms with Gasteiger partial charge < -0.3 is 14.8 Å². The van der Waals surface area contributed by atoms with Crippen LogP contribution in [0.15, 0.2) is 85.2 Å². The van der Waals surface area contributed by atoms with Crippen molar-refractivity contribution >= 4 is 0 Å². The molecule has 0 amide bonds. The van der Waals surface area contributed by atoms with Crippen LogP contribution in [0.2, 0.25) is 0 Å². The summed E-state index contributed by atoms with van der Waals surface area (Å²) in [5.74, 6) is 2.79. The highest BCUT2D eigenvalue weighted by Gasteiger charge is 2.02. The van der Waals surface area contributed by atoms with Crippen LogP contribution < -0.4 is 14.8 Å². The van der Waals surface area contributed by atoms with E-state index in [9.17, 15) is 0 Å². The lowest BCUT2D eigenvalue weighted by Gasteiger charge is -2.10. The van der Waals surface area contributed by atoms with Crippen LogP contribution in [0.3, 0.4) is 0 Å². The third-order valence-electron chi connectivity index (χ3n) is 3.35. The highest BCUT2D eigenvalue weighted by Crippen LogP contribution is 2.26. The Morgan fingerprint density at radius 2 is 1.76 bits per heavy atom. The minimum absolute atomic E-state index is 0.572. The largest absolute Gasteiger partial charge is 0.458 e. The van der Waals surface area contributed by atoms with Crippen molar-refractivity contribution in [2.75, 3.05) is 6.54 Å². The van der Waals surface area contributed by atoms with Crippen LogP contribution >= 0.6 is 0 Å². The Labute approximate surface area is 150 Å². The first-order chi connectivity index (χ1) is 12.2. The molecule has 0 saturated heterocycles. The average molecular weight is 335 g/mol. The highest BCUT2D eigenvalue weighted by atomic mass is 16.5. The molecule has 0 radical (unpaired) electrons. The molecule has 0 aliphatic rings. The van der Waals surface area contributed by atoms with Crippen LogP contribution in [0, 0.1) is 0 Å². The summed E-state index contributed by atoms with van der Waals surface area (Å²) in [6.07, 6.45) is 7.58. The standard InChI is InChI=1S/C22H25NO2/c1-4-6-7-10-18(3)24-21-13-9-14-22(16-21)25-20-12-8-11-19(15-20)17-23-5-2/h4,6-16,23H,3,5,17H2,1-2H3/b6-4-,10-7-. The SMILES string of the molecule is C=C(/C=C\C=C/C)Oc1cccc(Oc2cccc(CNCC)c2)c1. The van der Waals surface area contributed by atoms with Crippen molar-refractivity contribution in [1.29, 1.82) is 0 Å². The average Bonchev–Trinajstić information content (AvgIpc) is 2.61. The van der Waals surface area contributed by atoms with E-state index in [1.54, 1.807) is 0 Å². The molecule has 1 N–H and O–H groups in total. The van der Waals surface area contributed by atoms with Crippen molar-refractivity contribution in [2.45, 2.75) is 20.4 Å². The highest BCUT2D eigenvalue weighted by molar-refractivity contribution is 5.39. The van der Waals surface area contributed by atoms with Crippen LogP contribution in [-0.2, 0) is 6.54 Å². The molecule has 0 fully saturated rings. The van der Waals surface area contributed by atoms with Gasteiger partial charge in [-0.05, 0) is 49.4 Å². The quantitative estimate of drug-likeness (QED) is 0.477. The Balaban J connectivity index is 2.02. The predicted octanol–water partition coefficient (Wildman–Crippen LogP) is 5.61. The monoisotopic (exact) mass is 335 g/mol. The summed E-state index contributed by atoms with van der Waals surface area (Å²) in [6.45, 7) is 9.71. The fourth-order valence-corrected chi connectivity index (χ4v) is 2.18. The van der Waals surface area contributed by atoms with Crippen LogP contribution in [0.1, 0.15) is 19.4 Å². The number of benzene rings is 2. The molecule has 0 aliphatic heterocycles. The lowest BCUT2D eigenvalue weighted by atomic mass is 10.2. The van der Waals surface area contributed by atoms with Gasteiger partial charge in [0.1, 0.15) is 23.0 Å². The third kappa shape index (κ3) is 6.69. The minimum Gasteiger partial charge on any atom is -0.458 e. The lowest BCUT2D eigenvalue weighted by Crippen LogP contribution is -2.11. The van der Waals surface area contributed by atoms with Crippen LogP contribution in [-0.4, -0.2) is 6.54 Å². The summed E-state index contributed by atoms with van der Waals surface area (Å²) >= 11 is 0. The maximum Gasteiger partial charge on any atom is 0.131 e. The van der Waals surface area contributed by atoms with E-state index in [0.29, 0.717) is 11.5 Å². The number of hydrogen-bond donors (Lipinski definition) is 1. The maximum atomic E-state index is 5.95. The van der Waals surface area contributed by atoms with Crippen LogP contribution in [0.5, 0.6) is 17.2 Å². The van der Waals surface area contributed by atoms with Crippen molar-refractivity contribution in [3.05, 3.63) is 90.7 Å². The zero-order valence-corrected chi connectivity index (χ0v) is 14.9. The molecule has 2 aromatic rings. The predicted molar refractivity (Wildman–Crippen MR) is 104 cm³/mol. The molecule has 0 saturated carbocycles. The van der Waals surface area contributed by atoms with Gasteiger partial charge in [-0.3, -0.25) is 0 Å². The molecule has 0 aromatic heterocycles. The smallest absolute Gasteiger partial charge is 0.131 e. The van der Waals surface area contributed by atoms with E-state index in [0.717, 1.165) is 24.6 Å². The molecule has 0 bridgehead atoms. The number of hydrogen-bond acceptors (Lipinski definition) is 3. The van der Waals surface area contributed by atoms with Gasteiger partial charge in [0.05, 0.1) is 0 Å². The van der Waals surface area contributed by atoms with Crippen molar-refractivity contribution in [3.8, 4) is 17.2 Å². The number of allylic oxidation sites excluding steroid dienone is 4. The zero-order chi connectivity index (χ0) is 17.9. The summed E-state index contributed by atoms with van der Waals surface area (Å²) in [5, 5.41) is 3.31. The van der Waals surface area contributed by atoms with Crippen molar-refractivity contribution in [1.82, 2.24) is 5.32 Å². The molecule has 0 atom stereocenters. The van der Waals surface area contributed by atoms with Crippen LogP contribution in [0.25, 0.3) is 0 Å². The summed E-state index contributed by atoms with van der Waals surface area (Å²) in [4.78, 5) is 0. The Hall–Kier alpha value is -2.78. The van der Waals surface area contributed by atoms with Gasteiger partial charge in [-0.2, -0.15) is 0 Å². The van der Waals surface area contributed by atoms with E-state index >= 15 is 0 Å². The lowest BCUT2D eigenvalue weighted by molar-refractivity contribution is 0.437. The van der Waals surface area contributed by atoms with Gasteiger partial charge in [0.15, 0.2) is 0 Å². The second-order valence-electron chi connectivity index (χ2n) is 5.46. The van der Waals surface area contributed by atoms with Gasteiger partial charge in [-0.15, -0.1) is 0 Å². The Morgan fingerprint density at radius 3 is 2.52 bits per heavy atom. The number of ether oxygens (including phenoxy) is 2. The molecular weight excluding hydrogens is 310 g/mol. The Kier molecular flexibility index (Phi) is 7.54. The summed E-state index contributed by atoms with van der Waals surface area (Å²) in [6, 6.07) is 15.6. The first-order valence-corrected chi connectivity index (χ1v) is 8.45. The zero-order valence-electron chi connectivity index (χ0n) is 14.9. The molecule has 0 heterocycles. The van der Waals surface area contributed by atoms with E-state index in [1.807, 2.05) is 73.7 Å². The topological polar surface area (TPSA) is 30.5 Å². The molecular formula is C22H25NO2. The van der Waals surface area contributed by atoms with E-state index in [-0.39, 0.29) is 0 Å². The normalized spacial score (nSPS) is 11.1. The van der Waals surface area contributed by atoms with E-state index in [1.165, 1.54) is 5.56 Å². The van der Waals surface area contributed by atoms with Crippen molar-refractivity contribution in [3.63, 3.8) is 0 Å². The number of nitrogens with one attached hydrogen (secondary N) is 1. The van der Waals surface area contributed by atoms with Crippen molar-refractivity contribution < 1.29 is 9.47 Å². The summed E-state index contributed by atoms with van der Waals surface area (Å²) in [5.41, 5.74) is 1.19. The molecule has 0 aliphatic carbocycles. The van der Waals surface area contributed by atoms with Gasteiger partial charge in [0, 0.05) is 12.6 Å². The summed E-state index contributed by atoms with van der Waals surface area (Å²) in [7, 11) is 0. The second kappa shape index (κ2) is 10.2. The molecule has 25 heavy (non-hydrogen) atoms. The van der Waals surface area contributed by atoms with Gasteiger partial charge >= 0.3 is 0 Å². The fourth-order valence-electron chi connectivity index (χ4n) is 2.18. The molecule has 2 rings (SSSR count). The van der Waals surface area contributed by atoms with Crippen LogP contribution in [0.4, 0.5) is 0 Å². The van der Waals surface area contributed by atoms with E-state index in [4.69, 9.17) is 9.47 Å². The Bertz CT molecular complexity index is 747. The number of rotatable bonds is 9. The molecule has 130 valence electrons. The molecule has 3 nitrogen and oxygen atoms in total. The van der Waals surface area contributed by atoms with Gasteiger partial charge in [-0.25, -0.2) is 0 Å². The summed E-state index contributed by atoms with van der Waals surface area (Å²) < 4.78 is 11.7. The minimum atomic E-state index is 0.572. The van der Waals surface area contributed by atoms with Crippen molar-refractivity contribution in [2.24, 2.45) is 0 Å². The molecule has 2 aromatic carbocycles. The molecule has 0 spiro atoms.